The molecule has 138 valence electrons. The summed E-state index contributed by atoms with van der Waals surface area (Å²) in [7, 11) is 4.05. The van der Waals surface area contributed by atoms with E-state index in [-0.39, 0.29) is 18.6 Å². The number of aromatic nitrogens is 2. The Bertz CT molecular complexity index is 900. The number of fused-ring (bicyclic) bond motifs is 1. The maximum Gasteiger partial charge on any atom is 0.251 e. The van der Waals surface area contributed by atoms with Gasteiger partial charge in [0, 0.05) is 23.5 Å². The van der Waals surface area contributed by atoms with Crippen molar-refractivity contribution in [3.05, 3.63) is 52.0 Å². The van der Waals surface area contributed by atoms with Gasteiger partial charge in [0.2, 0.25) is 0 Å². The van der Waals surface area contributed by atoms with Crippen LogP contribution < -0.4 is 5.32 Å². The lowest BCUT2D eigenvalue weighted by Gasteiger charge is -2.24. The van der Waals surface area contributed by atoms with Gasteiger partial charge in [-0.15, -0.1) is 11.3 Å². The number of aliphatic hydroxyl groups is 1. The van der Waals surface area contributed by atoms with Gasteiger partial charge < -0.3 is 19.9 Å². The summed E-state index contributed by atoms with van der Waals surface area (Å²) in [5.74, 6) is -0.107. The lowest BCUT2D eigenvalue weighted by Crippen LogP contribution is -2.34. The average Bonchev–Trinajstić information content (AvgIpc) is 3.21. The lowest BCUT2D eigenvalue weighted by molar-refractivity contribution is 0.0942. The predicted octanol–water partition coefficient (Wildman–Crippen LogP) is 2.43. The number of imidazole rings is 1. The first kappa shape index (κ1) is 18.6. The number of aryl methyl sites for hydroxylation is 1. The molecule has 1 atom stereocenters. The highest BCUT2D eigenvalue weighted by Crippen LogP contribution is 2.26. The molecule has 1 aromatic carbocycles. The van der Waals surface area contributed by atoms with E-state index in [0.717, 1.165) is 11.0 Å². The number of likely N-dealkylation sites (N-methyl/N-ethyl adjacent to an activating group) is 1. The Balaban J connectivity index is 1.73. The number of carbonyl (C=O) groups excluding carboxylic acids is 1. The maximum atomic E-state index is 12.6. The highest BCUT2D eigenvalue weighted by Gasteiger charge is 2.19. The Kier molecular flexibility index (Phi) is 5.70. The van der Waals surface area contributed by atoms with E-state index >= 15 is 0 Å². The van der Waals surface area contributed by atoms with Gasteiger partial charge in [0.1, 0.15) is 0 Å². The molecule has 0 spiro atoms. The van der Waals surface area contributed by atoms with Crippen LogP contribution in [0.15, 0.2) is 36.0 Å². The van der Waals surface area contributed by atoms with E-state index < -0.39 is 0 Å². The summed E-state index contributed by atoms with van der Waals surface area (Å²) in [6.45, 7) is 3.19. The fourth-order valence-electron chi connectivity index (χ4n) is 3.02. The van der Waals surface area contributed by atoms with Gasteiger partial charge in [-0.2, -0.15) is 0 Å². The first-order valence-corrected chi connectivity index (χ1v) is 9.43. The number of aliphatic hydroxyl groups excluding tert-OH is 1. The molecular formula is C19H24N4O2S. The van der Waals surface area contributed by atoms with Gasteiger partial charge in [0.25, 0.3) is 5.91 Å². The van der Waals surface area contributed by atoms with Crippen molar-refractivity contribution in [3.63, 3.8) is 0 Å². The Morgan fingerprint density at radius 2 is 2.19 bits per heavy atom. The molecule has 0 unspecified atom stereocenters. The van der Waals surface area contributed by atoms with E-state index in [9.17, 15) is 4.79 Å². The molecule has 6 nitrogen and oxygen atoms in total. The Labute approximate surface area is 157 Å². The summed E-state index contributed by atoms with van der Waals surface area (Å²) in [6.07, 6.45) is 1.68. The van der Waals surface area contributed by atoms with Gasteiger partial charge in [-0.25, -0.2) is 4.98 Å². The highest BCUT2D eigenvalue weighted by molar-refractivity contribution is 7.10. The molecule has 2 aromatic heterocycles. The number of hydrogen-bond donors (Lipinski definition) is 2. The van der Waals surface area contributed by atoms with Crippen LogP contribution in [-0.2, 0) is 6.54 Å². The molecule has 0 saturated carbocycles. The van der Waals surface area contributed by atoms with Crippen molar-refractivity contribution in [1.82, 2.24) is 19.8 Å². The van der Waals surface area contributed by atoms with Crippen LogP contribution in [0, 0.1) is 6.92 Å². The first-order valence-electron chi connectivity index (χ1n) is 8.55. The van der Waals surface area contributed by atoms with Crippen molar-refractivity contribution in [2.75, 3.05) is 27.2 Å². The van der Waals surface area contributed by atoms with Crippen molar-refractivity contribution in [2.45, 2.75) is 19.5 Å². The minimum Gasteiger partial charge on any atom is -0.395 e. The van der Waals surface area contributed by atoms with Crippen molar-refractivity contribution < 1.29 is 9.90 Å². The number of hydrogen-bond acceptors (Lipinski definition) is 5. The Morgan fingerprint density at radius 1 is 1.38 bits per heavy atom. The highest BCUT2D eigenvalue weighted by atomic mass is 32.1. The molecule has 0 bridgehead atoms. The summed E-state index contributed by atoms with van der Waals surface area (Å²) < 4.78 is 1.87. The number of carbonyl (C=O) groups is 1. The fourth-order valence-corrected chi connectivity index (χ4v) is 4.14. The third-order valence-electron chi connectivity index (χ3n) is 4.51. The van der Waals surface area contributed by atoms with Crippen molar-refractivity contribution in [3.8, 4) is 0 Å². The summed E-state index contributed by atoms with van der Waals surface area (Å²) in [5.41, 5.74) is 3.51. The third-order valence-corrected chi connectivity index (χ3v) is 5.63. The summed E-state index contributed by atoms with van der Waals surface area (Å²) in [4.78, 5) is 20.3. The molecule has 0 saturated heterocycles. The van der Waals surface area contributed by atoms with Crippen LogP contribution in [-0.4, -0.2) is 52.7 Å². The minimum absolute atomic E-state index is 0.0573. The molecule has 0 aliphatic carbocycles. The second kappa shape index (κ2) is 7.99. The smallest absolute Gasteiger partial charge is 0.251 e. The Morgan fingerprint density at radius 3 is 2.85 bits per heavy atom. The fraction of sp³-hybridized carbons (Fsp3) is 0.368. The summed E-state index contributed by atoms with van der Waals surface area (Å²) >= 11 is 1.72. The van der Waals surface area contributed by atoms with Gasteiger partial charge in [0.15, 0.2) is 0 Å². The quantitative estimate of drug-likeness (QED) is 0.668. The van der Waals surface area contributed by atoms with Crippen LogP contribution in [0.2, 0.25) is 0 Å². The molecule has 2 N–H and O–H groups in total. The topological polar surface area (TPSA) is 70.4 Å². The SMILES string of the molecule is Cc1ccsc1[C@@H](CNC(=O)c1ccc2c(c1)ncn2CCO)N(C)C. The van der Waals surface area contributed by atoms with Gasteiger partial charge in [-0.1, -0.05) is 0 Å². The average molecular weight is 372 g/mol. The van der Waals surface area contributed by atoms with Crippen molar-refractivity contribution in [1.29, 1.82) is 0 Å². The van der Waals surface area contributed by atoms with E-state index in [4.69, 9.17) is 5.11 Å². The monoisotopic (exact) mass is 372 g/mol. The molecule has 0 radical (unpaired) electrons. The summed E-state index contributed by atoms with van der Waals surface area (Å²) in [6, 6.07) is 7.72. The molecule has 1 amide bonds. The van der Waals surface area contributed by atoms with Gasteiger partial charge >= 0.3 is 0 Å². The van der Waals surface area contributed by atoms with Gasteiger partial charge in [-0.05, 0) is 56.2 Å². The van der Waals surface area contributed by atoms with Gasteiger partial charge in [0.05, 0.1) is 30.0 Å². The molecule has 0 aliphatic heterocycles. The molecule has 3 rings (SSSR count). The van der Waals surface area contributed by atoms with Crippen LogP contribution in [0.1, 0.15) is 26.8 Å². The van der Waals surface area contributed by atoms with Crippen LogP contribution in [0.4, 0.5) is 0 Å². The van der Waals surface area contributed by atoms with Gasteiger partial charge in [-0.3, -0.25) is 4.79 Å². The van der Waals surface area contributed by atoms with E-state index in [0.29, 0.717) is 18.7 Å². The zero-order chi connectivity index (χ0) is 18.7. The number of benzene rings is 1. The van der Waals surface area contributed by atoms with E-state index in [1.54, 1.807) is 29.8 Å². The first-order chi connectivity index (χ1) is 12.5. The van der Waals surface area contributed by atoms with Crippen LogP contribution in [0.3, 0.4) is 0 Å². The number of nitrogens with one attached hydrogen (secondary N) is 1. The van der Waals surface area contributed by atoms with Crippen molar-refractivity contribution >= 4 is 28.3 Å². The van der Waals surface area contributed by atoms with Crippen LogP contribution in [0.5, 0.6) is 0 Å². The molecule has 0 fully saturated rings. The number of amides is 1. The molecule has 0 aliphatic rings. The zero-order valence-electron chi connectivity index (χ0n) is 15.3. The number of rotatable bonds is 7. The minimum atomic E-state index is -0.107. The normalized spacial score (nSPS) is 12.7. The molecule has 26 heavy (non-hydrogen) atoms. The van der Waals surface area contributed by atoms with E-state index in [2.05, 4.69) is 33.6 Å². The molecule has 3 aromatic rings. The standard InChI is InChI=1S/C19H24N4O2S/c1-13-6-9-26-18(13)17(22(2)3)11-20-19(25)14-4-5-16-15(10-14)21-12-23(16)7-8-24/h4-6,9-10,12,17,24H,7-8,11H2,1-3H3,(H,20,25)/t17-/m1/s1. The third kappa shape index (κ3) is 3.80. The Hall–Kier alpha value is -2.22. The van der Waals surface area contributed by atoms with E-state index in [1.165, 1.54) is 10.4 Å². The van der Waals surface area contributed by atoms with E-state index in [1.807, 2.05) is 24.7 Å². The second-order valence-electron chi connectivity index (χ2n) is 6.52. The molecular weight excluding hydrogens is 348 g/mol. The second-order valence-corrected chi connectivity index (χ2v) is 7.47. The summed E-state index contributed by atoms with van der Waals surface area (Å²) in [5, 5.41) is 14.2. The van der Waals surface area contributed by atoms with Crippen molar-refractivity contribution in [2.24, 2.45) is 0 Å². The van der Waals surface area contributed by atoms with Crippen LogP contribution in [0.25, 0.3) is 11.0 Å². The molecule has 2 heterocycles. The number of thiophene rings is 1. The zero-order valence-corrected chi connectivity index (χ0v) is 16.1. The predicted molar refractivity (Wildman–Crippen MR) is 105 cm³/mol. The lowest BCUT2D eigenvalue weighted by atomic mass is 10.1. The maximum absolute atomic E-state index is 12.6. The molecule has 7 heteroatoms. The number of nitrogens with zero attached hydrogens (tertiary/aromatic N) is 3. The van der Waals surface area contributed by atoms with Crippen LogP contribution >= 0.6 is 11.3 Å². The largest absolute Gasteiger partial charge is 0.395 e.